The number of aryl methyl sites for hydroxylation is 1. The Hall–Kier alpha value is -4.05. The highest BCUT2D eigenvalue weighted by Gasteiger charge is 2.32. The van der Waals surface area contributed by atoms with E-state index in [2.05, 4.69) is 5.32 Å². The number of benzene rings is 3. The fourth-order valence-electron chi connectivity index (χ4n) is 6.18. The minimum absolute atomic E-state index is 0.0738. The van der Waals surface area contributed by atoms with Gasteiger partial charge in [0.2, 0.25) is 21.8 Å². The molecule has 1 fully saturated rings. The number of amides is 2. The molecule has 246 valence electrons. The van der Waals surface area contributed by atoms with E-state index >= 15 is 0 Å². The van der Waals surface area contributed by atoms with Gasteiger partial charge in [-0.3, -0.25) is 13.9 Å². The summed E-state index contributed by atoms with van der Waals surface area (Å²) in [6.07, 6.45) is 7.10. The van der Waals surface area contributed by atoms with Crippen LogP contribution >= 0.6 is 0 Å². The summed E-state index contributed by atoms with van der Waals surface area (Å²) in [6.45, 7) is 3.21. The molecule has 3 aromatic carbocycles. The van der Waals surface area contributed by atoms with Crippen molar-refractivity contribution in [3.8, 4) is 11.5 Å². The number of sulfonamides is 1. The molecule has 1 atom stereocenters. The van der Waals surface area contributed by atoms with Crippen LogP contribution in [0.2, 0.25) is 0 Å². The Balaban J connectivity index is 1.37. The van der Waals surface area contributed by atoms with Crippen LogP contribution in [0.1, 0.15) is 61.6 Å². The molecule has 9 nitrogen and oxygen atoms in total. The third-order valence-electron chi connectivity index (χ3n) is 8.66. The van der Waals surface area contributed by atoms with E-state index in [1.165, 1.54) is 10.7 Å². The van der Waals surface area contributed by atoms with Crippen LogP contribution in [-0.2, 0) is 32.6 Å². The van der Waals surface area contributed by atoms with Gasteiger partial charge < -0.3 is 19.7 Å². The number of anilines is 1. The van der Waals surface area contributed by atoms with Crippen LogP contribution in [0.5, 0.6) is 11.5 Å². The first-order valence-electron chi connectivity index (χ1n) is 16.2. The zero-order valence-corrected chi connectivity index (χ0v) is 27.6. The maximum absolute atomic E-state index is 14.1. The van der Waals surface area contributed by atoms with Crippen LogP contribution in [0.4, 0.5) is 5.69 Å². The molecule has 10 heteroatoms. The number of carbonyl (C=O) groups excluding carboxylic acids is 2. The molecule has 0 saturated heterocycles. The second-order valence-corrected chi connectivity index (χ2v) is 14.2. The highest BCUT2D eigenvalue weighted by atomic mass is 32.2. The zero-order valence-electron chi connectivity index (χ0n) is 26.8. The Morgan fingerprint density at radius 1 is 0.891 bits per heavy atom. The van der Waals surface area contributed by atoms with Crippen LogP contribution in [0, 0.1) is 6.92 Å². The minimum Gasteiger partial charge on any atom is -0.486 e. The molecule has 46 heavy (non-hydrogen) atoms. The summed E-state index contributed by atoms with van der Waals surface area (Å²) < 4.78 is 38.3. The lowest BCUT2D eigenvalue weighted by Crippen LogP contribution is -2.52. The predicted octanol–water partition coefficient (Wildman–Crippen LogP) is 5.40. The molecule has 5 rings (SSSR count). The lowest BCUT2D eigenvalue weighted by Gasteiger charge is -2.34. The quantitative estimate of drug-likeness (QED) is 0.266. The molecule has 1 aliphatic carbocycles. The maximum atomic E-state index is 14.1. The summed E-state index contributed by atoms with van der Waals surface area (Å²) in [4.78, 5) is 29.8. The van der Waals surface area contributed by atoms with Gasteiger partial charge in [0.1, 0.15) is 19.3 Å². The van der Waals surface area contributed by atoms with Crippen molar-refractivity contribution in [2.75, 3.05) is 30.3 Å². The number of nitrogens with one attached hydrogen (secondary N) is 1. The highest BCUT2D eigenvalue weighted by molar-refractivity contribution is 7.92. The van der Waals surface area contributed by atoms with Crippen LogP contribution in [0.3, 0.4) is 0 Å². The topological polar surface area (TPSA) is 105 Å². The van der Waals surface area contributed by atoms with Crippen LogP contribution in [0.15, 0.2) is 72.8 Å². The lowest BCUT2D eigenvalue weighted by molar-refractivity contribution is -0.141. The molecular formula is C36H45N3O6S. The summed E-state index contributed by atoms with van der Waals surface area (Å²) in [5.74, 6) is 0.716. The molecule has 0 spiro atoms. The number of hydrogen-bond acceptors (Lipinski definition) is 6. The van der Waals surface area contributed by atoms with Crippen molar-refractivity contribution >= 4 is 27.5 Å². The fraction of sp³-hybridized carbons (Fsp3) is 0.444. The maximum Gasteiger partial charge on any atom is 0.243 e. The van der Waals surface area contributed by atoms with E-state index in [1.807, 2.05) is 61.5 Å². The molecular weight excluding hydrogens is 602 g/mol. The van der Waals surface area contributed by atoms with Crippen molar-refractivity contribution in [2.45, 2.75) is 76.9 Å². The van der Waals surface area contributed by atoms with Crippen LogP contribution in [-0.4, -0.2) is 63.2 Å². The van der Waals surface area contributed by atoms with Gasteiger partial charge in [0.25, 0.3) is 0 Å². The van der Waals surface area contributed by atoms with E-state index in [0.29, 0.717) is 36.8 Å². The molecule has 1 heterocycles. The van der Waals surface area contributed by atoms with Crippen molar-refractivity contribution in [1.29, 1.82) is 0 Å². The van der Waals surface area contributed by atoms with E-state index < -0.39 is 16.1 Å². The van der Waals surface area contributed by atoms with Gasteiger partial charge in [0.05, 0.1) is 11.9 Å². The average Bonchev–Trinajstić information content (AvgIpc) is 3.05. The Morgan fingerprint density at radius 2 is 1.59 bits per heavy atom. The fourth-order valence-corrected chi connectivity index (χ4v) is 7.14. The Kier molecular flexibility index (Phi) is 11.2. The van der Waals surface area contributed by atoms with Crippen LogP contribution < -0.4 is 19.1 Å². The Bertz CT molecular complexity index is 1570. The molecule has 0 radical (unpaired) electrons. The number of nitrogens with zero attached hydrogens (tertiary/aromatic N) is 2. The van der Waals surface area contributed by atoms with Crippen molar-refractivity contribution in [1.82, 2.24) is 10.2 Å². The van der Waals surface area contributed by atoms with E-state index in [0.717, 1.165) is 48.6 Å². The van der Waals surface area contributed by atoms with Crippen molar-refractivity contribution < 1.29 is 27.5 Å². The molecule has 1 saturated carbocycles. The lowest BCUT2D eigenvalue weighted by atomic mass is 9.94. The van der Waals surface area contributed by atoms with Gasteiger partial charge in [0.15, 0.2) is 11.5 Å². The first-order chi connectivity index (χ1) is 22.2. The van der Waals surface area contributed by atoms with E-state index in [9.17, 15) is 18.0 Å². The van der Waals surface area contributed by atoms with Gasteiger partial charge in [-0.25, -0.2) is 8.42 Å². The highest BCUT2D eigenvalue weighted by Crippen LogP contribution is 2.35. The zero-order chi connectivity index (χ0) is 32.5. The second-order valence-electron chi connectivity index (χ2n) is 12.3. The van der Waals surface area contributed by atoms with Gasteiger partial charge in [-0.05, 0) is 49.4 Å². The SMILES string of the molecule is Cc1ccc(CN(C(=O)CCCN(c2ccc3c(c2)OCCO3)S(C)(=O)=O)C(Cc2ccccc2)C(=O)NC2CCCCC2)cc1. The van der Waals surface area contributed by atoms with Crippen molar-refractivity contribution in [3.05, 3.63) is 89.5 Å². The number of carbonyl (C=O) groups is 2. The molecule has 3 aromatic rings. The predicted molar refractivity (Wildman–Crippen MR) is 180 cm³/mol. The normalized spacial score (nSPS) is 15.5. The summed E-state index contributed by atoms with van der Waals surface area (Å²) in [7, 11) is -3.65. The number of fused-ring (bicyclic) bond motifs is 1. The molecule has 0 bridgehead atoms. The molecule has 1 N–H and O–H groups in total. The van der Waals surface area contributed by atoms with Gasteiger partial charge in [-0.15, -0.1) is 0 Å². The largest absolute Gasteiger partial charge is 0.486 e. The van der Waals surface area contributed by atoms with Gasteiger partial charge in [0, 0.05) is 38.0 Å². The van der Waals surface area contributed by atoms with E-state index in [4.69, 9.17) is 9.47 Å². The Morgan fingerprint density at radius 3 is 2.28 bits per heavy atom. The standard InChI is InChI=1S/C36H45N3O6S/c1-27-15-17-29(18-16-27)26-38(32(24-28-10-5-3-6-11-28)36(41)37-30-12-7-4-8-13-30)35(40)14-9-21-39(46(2,42)43)31-19-20-33-34(25-31)45-23-22-44-33/h3,5-6,10-11,15-20,25,30,32H,4,7-9,12-14,21-24,26H2,1-2H3,(H,37,41). The molecule has 2 amide bonds. The summed E-state index contributed by atoms with van der Waals surface area (Å²) in [5.41, 5.74) is 3.45. The number of hydrogen-bond donors (Lipinski definition) is 1. The third-order valence-corrected chi connectivity index (χ3v) is 9.86. The van der Waals surface area contributed by atoms with E-state index in [-0.39, 0.29) is 43.8 Å². The average molecular weight is 648 g/mol. The summed E-state index contributed by atoms with van der Waals surface area (Å²) in [5, 5.41) is 3.27. The van der Waals surface area contributed by atoms with Gasteiger partial charge in [-0.1, -0.05) is 79.4 Å². The van der Waals surface area contributed by atoms with Crippen molar-refractivity contribution in [3.63, 3.8) is 0 Å². The van der Waals surface area contributed by atoms with Crippen LogP contribution in [0.25, 0.3) is 0 Å². The molecule has 2 aliphatic rings. The summed E-state index contributed by atoms with van der Waals surface area (Å²) in [6, 6.07) is 22.2. The van der Waals surface area contributed by atoms with Crippen molar-refractivity contribution in [2.24, 2.45) is 0 Å². The van der Waals surface area contributed by atoms with E-state index in [1.54, 1.807) is 23.1 Å². The van der Waals surface area contributed by atoms with Gasteiger partial charge >= 0.3 is 0 Å². The first-order valence-corrected chi connectivity index (χ1v) is 18.1. The first kappa shape index (κ1) is 33.3. The third kappa shape index (κ3) is 9.02. The molecule has 0 aromatic heterocycles. The number of ether oxygens (including phenoxy) is 2. The second kappa shape index (κ2) is 15.5. The number of rotatable bonds is 13. The Labute approximate surface area is 272 Å². The smallest absolute Gasteiger partial charge is 0.243 e. The van der Waals surface area contributed by atoms with Gasteiger partial charge in [-0.2, -0.15) is 0 Å². The monoisotopic (exact) mass is 647 g/mol. The minimum atomic E-state index is -3.65. The summed E-state index contributed by atoms with van der Waals surface area (Å²) >= 11 is 0. The molecule has 1 aliphatic heterocycles. The molecule has 1 unspecified atom stereocenters.